The van der Waals surface area contributed by atoms with Crippen molar-refractivity contribution in [2.75, 3.05) is 12.4 Å². The number of anilines is 1. The van der Waals surface area contributed by atoms with Gasteiger partial charge in [0.05, 0.1) is 18.9 Å². The topological polar surface area (TPSA) is 76.2 Å². The molecule has 1 aliphatic rings. The number of hydrogen-bond donors (Lipinski definition) is 2. The first-order valence-corrected chi connectivity index (χ1v) is 9.76. The second-order valence-corrected chi connectivity index (χ2v) is 7.32. The van der Waals surface area contributed by atoms with Gasteiger partial charge in [0.2, 0.25) is 5.91 Å². The molecular formula is C23H20F3N3O3. The molecule has 1 atom stereocenters. The van der Waals surface area contributed by atoms with E-state index in [9.17, 15) is 18.0 Å². The number of methoxy groups -OCH3 is 1. The molecule has 0 aliphatic carbocycles. The standard InChI is InChI=1S/C23H20F3N3O3/c1-3-13-4-5-15(18(8-13)23(24,25)26)12-32-19-7-6-14(9-20(19)31-2)16-10-21(30)28-22-17(16)11-27-29-22/h3-9,11,16H,1,10,12H2,2H3,(H2,27,28,29,30). The molecule has 0 bridgehead atoms. The second-order valence-electron chi connectivity index (χ2n) is 7.32. The number of fused-ring (bicyclic) bond motifs is 1. The average Bonchev–Trinajstić information content (AvgIpc) is 3.24. The molecule has 1 aromatic heterocycles. The number of nitrogens with one attached hydrogen (secondary N) is 2. The summed E-state index contributed by atoms with van der Waals surface area (Å²) in [4.78, 5) is 12.0. The fourth-order valence-corrected chi connectivity index (χ4v) is 3.73. The van der Waals surface area contributed by atoms with Crippen molar-refractivity contribution >= 4 is 17.8 Å². The normalized spacial score (nSPS) is 15.6. The van der Waals surface area contributed by atoms with Gasteiger partial charge in [-0.05, 0) is 29.3 Å². The molecule has 6 nitrogen and oxygen atoms in total. The van der Waals surface area contributed by atoms with E-state index in [2.05, 4.69) is 22.1 Å². The molecular weight excluding hydrogens is 423 g/mol. The van der Waals surface area contributed by atoms with Crippen molar-refractivity contribution in [3.8, 4) is 11.5 Å². The summed E-state index contributed by atoms with van der Waals surface area (Å²) in [5.41, 5.74) is 1.25. The Morgan fingerprint density at radius 2 is 2.03 bits per heavy atom. The summed E-state index contributed by atoms with van der Waals surface area (Å²) in [5, 5.41) is 9.47. The van der Waals surface area contributed by atoms with Gasteiger partial charge in [-0.15, -0.1) is 0 Å². The molecule has 2 aromatic carbocycles. The van der Waals surface area contributed by atoms with Crippen LogP contribution in [0.25, 0.3) is 6.08 Å². The Kier molecular flexibility index (Phi) is 5.65. The number of rotatable bonds is 6. The van der Waals surface area contributed by atoms with Gasteiger partial charge in [-0.2, -0.15) is 18.3 Å². The molecule has 0 saturated heterocycles. The first-order chi connectivity index (χ1) is 15.3. The van der Waals surface area contributed by atoms with Gasteiger partial charge in [0, 0.05) is 23.5 Å². The molecule has 0 saturated carbocycles. The molecule has 32 heavy (non-hydrogen) atoms. The van der Waals surface area contributed by atoms with E-state index in [1.807, 2.05) is 0 Å². The van der Waals surface area contributed by atoms with E-state index in [4.69, 9.17) is 9.47 Å². The Labute approximate surface area is 182 Å². The van der Waals surface area contributed by atoms with Crippen LogP contribution in [-0.4, -0.2) is 23.2 Å². The Balaban J connectivity index is 1.59. The van der Waals surface area contributed by atoms with Crippen LogP contribution in [0.3, 0.4) is 0 Å². The lowest BCUT2D eigenvalue weighted by atomic mass is 9.87. The van der Waals surface area contributed by atoms with Crippen molar-refractivity contribution in [2.45, 2.75) is 25.1 Å². The summed E-state index contributed by atoms with van der Waals surface area (Å²) >= 11 is 0. The third kappa shape index (κ3) is 4.18. The summed E-state index contributed by atoms with van der Waals surface area (Å²) in [6, 6.07) is 9.10. The first kappa shape index (κ1) is 21.5. The molecule has 3 aromatic rings. The van der Waals surface area contributed by atoms with E-state index >= 15 is 0 Å². The van der Waals surface area contributed by atoms with Crippen molar-refractivity contribution in [3.05, 3.63) is 77.0 Å². The minimum absolute atomic E-state index is 0.00113. The fourth-order valence-electron chi connectivity index (χ4n) is 3.73. The smallest absolute Gasteiger partial charge is 0.416 e. The summed E-state index contributed by atoms with van der Waals surface area (Å²) in [5.74, 6) is 0.824. The fraction of sp³-hybridized carbons (Fsp3) is 0.217. The van der Waals surface area contributed by atoms with Crippen molar-refractivity contribution < 1.29 is 27.4 Å². The highest BCUT2D eigenvalue weighted by molar-refractivity contribution is 5.94. The van der Waals surface area contributed by atoms with Gasteiger partial charge in [-0.1, -0.05) is 30.9 Å². The quantitative estimate of drug-likeness (QED) is 0.554. The minimum atomic E-state index is -4.52. The number of hydrogen-bond acceptors (Lipinski definition) is 4. The molecule has 4 rings (SSSR count). The summed E-state index contributed by atoms with van der Waals surface area (Å²) in [6.45, 7) is 3.22. The zero-order chi connectivity index (χ0) is 22.9. The summed E-state index contributed by atoms with van der Waals surface area (Å²) in [7, 11) is 1.45. The van der Waals surface area contributed by atoms with Gasteiger partial charge in [0.25, 0.3) is 0 Å². The van der Waals surface area contributed by atoms with Crippen LogP contribution in [0.4, 0.5) is 19.0 Å². The number of aromatic amines is 1. The Bertz CT molecular complexity index is 1170. The van der Waals surface area contributed by atoms with E-state index in [0.29, 0.717) is 22.9 Å². The third-order valence-electron chi connectivity index (χ3n) is 5.35. The number of halogens is 3. The predicted octanol–water partition coefficient (Wildman–Crippen LogP) is 5.13. The van der Waals surface area contributed by atoms with E-state index in [-0.39, 0.29) is 30.4 Å². The van der Waals surface area contributed by atoms with Crippen LogP contribution >= 0.6 is 0 Å². The van der Waals surface area contributed by atoms with Crippen molar-refractivity contribution in [1.82, 2.24) is 10.2 Å². The highest BCUT2D eigenvalue weighted by atomic mass is 19.4. The number of ether oxygens (including phenoxy) is 2. The number of aromatic nitrogens is 2. The number of amides is 1. The maximum atomic E-state index is 13.5. The number of carbonyl (C=O) groups excluding carboxylic acids is 1. The highest BCUT2D eigenvalue weighted by Gasteiger charge is 2.34. The van der Waals surface area contributed by atoms with Gasteiger partial charge < -0.3 is 14.8 Å². The molecule has 0 radical (unpaired) electrons. The number of alkyl halides is 3. The number of benzene rings is 2. The Morgan fingerprint density at radius 1 is 1.22 bits per heavy atom. The van der Waals surface area contributed by atoms with Crippen LogP contribution in [0, 0.1) is 0 Å². The number of carbonyl (C=O) groups is 1. The van der Waals surface area contributed by atoms with Gasteiger partial charge in [-0.25, -0.2) is 0 Å². The first-order valence-electron chi connectivity index (χ1n) is 9.76. The molecule has 0 spiro atoms. The molecule has 1 amide bonds. The third-order valence-corrected chi connectivity index (χ3v) is 5.35. The average molecular weight is 443 g/mol. The molecule has 1 unspecified atom stereocenters. The van der Waals surface area contributed by atoms with E-state index < -0.39 is 11.7 Å². The van der Waals surface area contributed by atoms with Crippen LogP contribution < -0.4 is 14.8 Å². The summed E-state index contributed by atoms with van der Waals surface area (Å²) < 4.78 is 51.5. The zero-order valence-electron chi connectivity index (χ0n) is 17.1. The van der Waals surface area contributed by atoms with Crippen LogP contribution in [0.2, 0.25) is 0 Å². The van der Waals surface area contributed by atoms with E-state index in [1.165, 1.54) is 19.3 Å². The zero-order valence-corrected chi connectivity index (χ0v) is 17.1. The van der Waals surface area contributed by atoms with Gasteiger partial charge in [-0.3, -0.25) is 9.89 Å². The summed E-state index contributed by atoms with van der Waals surface area (Å²) in [6.07, 6.45) is -1.27. The lowest BCUT2D eigenvalue weighted by Crippen LogP contribution is -2.23. The second kappa shape index (κ2) is 8.41. The maximum Gasteiger partial charge on any atom is 0.416 e. The van der Waals surface area contributed by atoms with Crippen LogP contribution in [-0.2, 0) is 17.6 Å². The SMILES string of the molecule is C=Cc1ccc(COc2ccc(C3CC(=O)Nc4[nH]ncc43)cc2OC)c(C(F)(F)F)c1. The van der Waals surface area contributed by atoms with Gasteiger partial charge in [0.1, 0.15) is 12.4 Å². The van der Waals surface area contributed by atoms with Crippen LogP contribution in [0.1, 0.15) is 40.2 Å². The molecule has 1 aliphatic heterocycles. The van der Waals surface area contributed by atoms with E-state index in [1.54, 1.807) is 30.5 Å². The van der Waals surface area contributed by atoms with Crippen molar-refractivity contribution in [1.29, 1.82) is 0 Å². The Hall–Kier alpha value is -3.75. The molecule has 2 heterocycles. The van der Waals surface area contributed by atoms with Gasteiger partial charge >= 0.3 is 6.18 Å². The van der Waals surface area contributed by atoms with Crippen LogP contribution in [0.15, 0.2) is 49.2 Å². The molecule has 166 valence electrons. The maximum absolute atomic E-state index is 13.5. The number of H-pyrrole nitrogens is 1. The lowest BCUT2D eigenvalue weighted by molar-refractivity contribution is -0.138. The minimum Gasteiger partial charge on any atom is -0.493 e. The Morgan fingerprint density at radius 3 is 2.75 bits per heavy atom. The lowest BCUT2D eigenvalue weighted by Gasteiger charge is -2.23. The molecule has 9 heteroatoms. The number of nitrogens with zero attached hydrogens (tertiary/aromatic N) is 1. The predicted molar refractivity (Wildman–Crippen MR) is 113 cm³/mol. The van der Waals surface area contributed by atoms with Gasteiger partial charge in [0.15, 0.2) is 11.5 Å². The van der Waals surface area contributed by atoms with Crippen molar-refractivity contribution in [3.63, 3.8) is 0 Å². The van der Waals surface area contributed by atoms with Crippen LogP contribution in [0.5, 0.6) is 11.5 Å². The molecule has 2 N–H and O–H groups in total. The van der Waals surface area contributed by atoms with Crippen molar-refractivity contribution in [2.24, 2.45) is 0 Å². The molecule has 0 fully saturated rings. The van der Waals surface area contributed by atoms with E-state index in [0.717, 1.165) is 17.2 Å². The monoisotopic (exact) mass is 443 g/mol. The highest BCUT2D eigenvalue weighted by Crippen LogP contribution is 2.40. The largest absolute Gasteiger partial charge is 0.493 e.